The standard InChI is InChI=1S/C23H22/c1-3-20(12-11-19-10-9-18(2)17-19)22-13-15-23(16-14-22)21-7-5-4-6-8-21/h3-10,12-17,19H,1,11H2,2H3/b20-12+. The number of benzene rings is 2. The molecule has 2 aromatic rings. The fourth-order valence-corrected chi connectivity index (χ4v) is 2.94. The van der Waals surface area contributed by atoms with Crippen molar-refractivity contribution in [2.75, 3.05) is 0 Å². The van der Waals surface area contributed by atoms with Crippen LogP contribution < -0.4 is 0 Å². The number of allylic oxidation sites excluding steroid dienone is 7. The minimum absolute atomic E-state index is 0.522. The largest absolute Gasteiger partial charge is 0.0985 e. The van der Waals surface area contributed by atoms with Gasteiger partial charge < -0.3 is 0 Å². The normalized spacial score (nSPS) is 17.2. The summed E-state index contributed by atoms with van der Waals surface area (Å²) in [6, 6.07) is 19.2. The molecule has 0 N–H and O–H groups in total. The zero-order valence-electron chi connectivity index (χ0n) is 13.6. The van der Waals surface area contributed by atoms with E-state index in [1.807, 2.05) is 12.1 Å². The zero-order chi connectivity index (χ0) is 16.1. The highest BCUT2D eigenvalue weighted by atomic mass is 14.1. The molecule has 1 unspecified atom stereocenters. The van der Waals surface area contributed by atoms with Gasteiger partial charge in [0.05, 0.1) is 0 Å². The highest BCUT2D eigenvalue weighted by Gasteiger charge is 2.06. The van der Waals surface area contributed by atoms with E-state index < -0.39 is 0 Å². The molecule has 3 rings (SSSR count). The van der Waals surface area contributed by atoms with E-state index in [0.717, 1.165) is 6.42 Å². The molecule has 0 heterocycles. The molecule has 0 nitrogen and oxygen atoms in total. The first-order valence-corrected chi connectivity index (χ1v) is 8.11. The SMILES string of the molecule is C=C/C(=C\CC1C=CC(C)=C1)c1ccc(-c2ccccc2)cc1. The van der Waals surface area contributed by atoms with Crippen molar-refractivity contribution < 1.29 is 0 Å². The number of rotatable bonds is 5. The predicted octanol–water partition coefficient (Wildman–Crippen LogP) is 6.45. The topological polar surface area (TPSA) is 0 Å². The molecule has 0 radical (unpaired) electrons. The van der Waals surface area contributed by atoms with Crippen molar-refractivity contribution in [2.24, 2.45) is 5.92 Å². The van der Waals surface area contributed by atoms with Crippen LogP contribution in [0.3, 0.4) is 0 Å². The van der Waals surface area contributed by atoms with Crippen LogP contribution in [0.2, 0.25) is 0 Å². The zero-order valence-corrected chi connectivity index (χ0v) is 13.6. The maximum Gasteiger partial charge on any atom is -0.000971 e. The van der Waals surface area contributed by atoms with Gasteiger partial charge in [0.2, 0.25) is 0 Å². The van der Waals surface area contributed by atoms with E-state index in [2.05, 4.69) is 86.3 Å². The second kappa shape index (κ2) is 7.11. The fourth-order valence-electron chi connectivity index (χ4n) is 2.94. The van der Waals surface area contributed by atoms with Crippen LogP contribution in [0.25, 0.3) is 16.7 Å². The predicted molar refractivity (Wildman–Crippen MR) is 101 cm³/mol. The van der Waals surface area contributed by atoms with Crippen LogP contribution in [-0.4, -0.2) is 0 Å². The number of hydrogen-bond donors (Lipinski definition) is 0. The average molecular weight is 298 g/mol. The maximum absolute atomic E-state index is 3.98. The third-order valence-corrected chi connectivity index (χ3v) is 4.24. The Kier molecular flexibility index (Phi) is 4.73. The minimum Gasteiger partial charge on any atom is -0.0985 e. The van der Waals surface area contributed by atoms with Gasteiger partial charge in [0.1, 0.15) is 0 Å². The summed E-state index contributed by atoms with van der Waals surface area (Å²) >= 11 is 0. The molecular formula is C23H22. The number of hydrogen-bond acceptors (Lipinski definition) is 0. The summed E-state index contributed by atoms with van der Waals surface area (Å²) in [5.74, 6) is 0.522. The summed E-state index contributed by atoms with van der Waals surface area (Å²) in [7, 11) is 0. The Morgan fingerprint density at radius 1 is 1.00 bits per heavy atom. The summed E-state index contributed by atoms with van der Waals surface area (Å²) in [5, 5.41) is 0. The van der Waals surface area contributed by atoms with E-state index >= 15 is 0 Å². The van der Waals surface area contributed by atoms with Gasteiger partial charge in [0, 0.05) is 0 Å². The molecular weight excluding hydrogens is 276 g/mol. The van der Waals surface area contributed by atoms with Crippen molar-refractivity contribution in [1.29, 1.82) is 0 Å². The van der Waals surface area contributed by atoms with Crippen LogP contribution in [0, 0.1) is 5.92 Å². The van der Waals surface area contributed by atoms with E-state index in [4.69, 9.17) is 0 Å². The Morgan fingerprint density at radius 3 is 2.30 bits per heavy atom. The molecule has 1 aliphatic carbocycles. The smallest absolute Gasteiger partial charge is 0.000971 e. The van der Waals surface area contributed by atoms with Gasteiger partial charge in [-0.3, -0.25) is 0 Å². The molecule has 1 aliphatic rings. The summed E-state index contributed by atoms with van der Waals surface area (Å²) in [6.07, 6.45) is 12.0. The molecule has 1 atom stereocenters. The van der Waals surface area contributed by atoms with Crippen LogP contribution in [-0.2, 0) is 0 Å². The van der Waals surface area contributed by atoms with E-state index in [1.54, 1.807) is 0 Å². The van der Waals surface area contributed by atoms with Crippen LogP contribution >= 0.6 is 0 Å². The summed E-state index contributed by atoms with van der Waals surface area (Å²) in [5.41, 5.74) is 6.28. The van der Waals surface area contributed by atoms with Gasteiger partial charge in [-0.05, 0) is 41.5 Å². The monoisotopic (exact) mass is 298 g/mol. The lowest BCUT2D eigenvalue weighted by Gasteiger charge is -2.07. The van der Waals surface area contributed by atoms with Crippen molar-refractivity contribution in [3.8, 4) is 11.1 Å². The van der Waals surface area contributed by atoms with Crippen molar-refractivity contribution in [2.45, 2.75) is 13.3 Å². The minimum atomic E-state index is 0.522. The Hall–Kier alpha value is -2.60. The van der Waals surface area contributed by atoms with Crippen molar-refractivity contribution in [3.05, 3.63) is 103 Å². The first kappa shape index (κ1) is 15.3. The van der Waals surface area contributed by atoms with E-state index in [9.17, 15) is 0 Å². The van der Waals surface area contributed by atoms with Crippen molar-refractivity contribution >= 4 is 5.57 Å². The Bertz CT molecular complexity index is 755. The average Bonchev–Trinajstić information content (AvgIpc) is 3.02. The van der Waals surface area contributed by atoms with Gasteiger partial charge in [-0.2, -0.15) is 0 Å². The Balaban J connectivity index is 1.77. The molecule has 0 aliphatic heterocycles. The third-order valence-electron chi connectivity index (χ3n) is 4.24. The molecule has 0 amide bonds. The molecule has 2 aromatic carbocycles. The lowest BCUT2D eigenvalue weighted by Crippen LogP contribution is -1.88. The molecule has 0 bridgehead atoms. The quantitative estimate of drug-likeness (QED) is 0.557. The van der Waals surface area contributed by atoms with Gasteiger partial charge in [0.25, 0.3) is 0 Å². The first-order chi connectivity index (χ1) is 11.3. The second-order valence-electron chi connectivity index (χ2n) is 5.98. The van der Waals surface area contributed by atoms with Gasteiger partial charge in [-0.25, -0.2) is 0 Å². The molecule has 0 heteroatoms. The second-order valence-corrected chi connectivity index (χ2v) is 5.98. The van der Waals surface area contributed by atoms with Crippen LogP contribution in [0.5, 0.6) is 0 Å². The van der Waals surface area contributed by atoms with Gasteiger partial charge >= 0.3 is 0 Å². The lowest BCUT2D eigenvalue weighted by molar-refractivity contribution is 0.844. The Morgan fingerprint density at radius 2 is 1.70 bits per heavy atom. The van der Waals surface area contributed by atoms with Crippen LogP contribution in [0.4, 0.5) is 0 Å². The highest BCUT2D eigenvalue weighted by Crippen LogP contribution is 2.25. The van der Waals surface area contributed by atoms with Crippen molar-refractivity contribution in [1.82, 2.24) is 0 Å². The third kappa shape index (κ3) is 3.78. The summed E-state index contributed by atoms with van der Waals surface area (Å²) < 4.78 is 0. The fraction of sp³-hybridized carbons (Fsp3) is 0.130. The van der Waals surface area contributed by atoms with E-state index in [0.29, 0.717) is 5.92 Å². The molecule has 0 fully saturated rings. The van der Waals surface area contributed by atoms with Gasteiger partial charge in [-0.1, -0.05) is 97.1 Å². The van der Waals surface area contributed by atoms with Crippen LogP contribution in [0.15, 0.2) is 97.1 Å². The van der Waals surface area contributed by atoms with E-state index in [1.165, 1.54) is 27.8 Å². The van der Waals surface area contributed by atoms with Crippen LogP contribution in [0.1, 0.15) is 18.9 Å². The highest BCUT2D eigenvalue weighted by molar-refractivity contribution is 5.75. The first-order valence-electron chi connectivity index (χ1n) is 8.11. The molecule has 0 spiro atoms. The maximum atomic E-state index is 3.98. The molecule has 0 saturated heterocycles. The van der Waals surface area contributed by atoms with Gasteiger partial charge in [-0.15, -0.1) is 0 Å². The molecule has 114 valence electrons. The summed E-state index contributed by atoms with van der Waals surface area (Å²) in [6.45, 7) is 6.13. The summed E-state index contributed by atoms with van der Waals surface area (Å²) in [4.78, 5) is 0. The Labute approximate surface area is 139 Å². The van der Waals surface area contributed by atoms with E-state index in [-0.39, 0.29) is 0 Å². The van der Waals surface area contributed by atoms with Crippen molar-refractivity contribution in [3.63, 3.8) is 0 Å². The molecule has 0 aromatic heterocycles. The molecule has 0 saturated carbocycles. The van der Waals surface area contributed by atoms with Gasteiger partial charge in [0.15, 0.2) is 0 Å². The molecule has 23 heavy (non-hydrogen) atoms. The lowest BCUT2D eigenvalue weighted by atomic mass is 9.98.